The van der Waals surface area contributed by atoms with E-state index < -0.39 is 0 Å². The summed E-state index contributed by atoms with van der Waals surface area (Å²) in [7, 11) is 0. The molecule has 0 aromatic rings. The first-order valence-electron chi connectivity index (χ1n) is 3.64. The fourth-order valence-corrected chi connectivity index (χ4v) is 1.17. The molecular weight excluding hydrogens is 136 g/mol. The summed E-state index contributed by atoms with van der Waals surface area (Å²) < 4.78 is 5.03. The van der Waals surface area contributed by atoms with Crippen LogP contribution in [0.1, 0.15) is 32.6 Å². The Balaban J connectivity index is 1.83. The van der Waals surface area contributed by atoms with Gasteiger partial charge in [0.2, 0.25) is 0 Å². The van der Waals surface area contributed by atoms with Gasteiger partial charge in [-0.1, -0.05) is 37.8 Å². The van der Waals surface area contributed by atoms with E-state index in [0.29, 0.717) is 6.10 Å². The molecule has 0 aliphatic carbocycles. The molecule has 1 fully saturated rings. The monoisotopic (exact) mass is 148 g/mol. The van der Waals surface area contributed by atoms with E-state index in [0.717, 1.165) is 6.42 Å². The van der Waals surface area contributed by atoms with Crippen molar-refractivity contribution >= 4 is 11.6 Å². The molecule has 0 amide bonds. The molecule has 1 rings (SSSR count). The first kappa shape index (κ1) is 7.36. The van der Waals surface area contributed by atoms with Crippen molar-refractivity contribution in [2.75, 3.05) is 0 Å². The molecule has 0 saturated carbocycles. The van der Waals surface area contributed by atoms with Gasteiger partial charge < -0.3 is 4.74 Å². The molecule has 1 nitrogen and oxygen atoms in total. The molecule has 2 atom stereocenters. The van der Waals surface area contributed by atoms with Crippen LogP contribution >= 0.6 is 11.6 Å². The van der Waals surface area contributed by atoms with Crippen LogP contribution in [0.15, 0.2) is 0 Å². The Bertz CT molecular complexity index is 85.0. The van der Waals surface area contributed by atoms with Crippen LogP contribution in [0, 0.1) is 0 Å². The molecule has 0 N–H and O–H groups in total. The molecule has 1 saturated heterocycles. The molecular formula is C7H13ClO. The maximum absolute atomic E-state index is 5.61. The topological polar surface area (TPSA) is 12.5 Å². The smallest absolute Gasteiger partial charge is 0.157 e. The van der Waals surface area contributed by atoms with E-state index in [-0.39, 0.29) is 5.56 Å². The molecule has 1 aliphatic rings. The van der Waals surface area contributed by atoms with Crippen molar-refractivity contribution < 1.29 is 4.74 Å². The highest BCUT2D eigenvalue weighted by Gasteiger charge is 2.35. The van der Waals surface area contributed by atoms with E-state index in [9.17, 15) is 0 Å². The van der Waals surface area contributed by atoms with Crippen LogP contribution in [0.5, 0.6) is 0 Å². The fraction of sp³-hybridized carbons (Fsp3) is 1.00. The standard InChI is InChI=1S/C7H13ClO/c1-2-3-4-5-6-7(8)9-6/h6-7H,2-5H2,1H3. The Labute approximate surface area is 61.3 Å². The fourth-order valence-electron chi connectivity index (χ4n) is 0.916. The number of ether oxygens (including phenoxy) is 1. The maximum atomic E-state index is 5.61. The highest BCUT2D eigenvalue weighted by molar-refractivity contribution is 6.21. The highest BCUT2D eigenvalue weighted by atomic mass is 35.5. The lowest BCUT2D eigenvalue weighted by Crippen LogP contribution is -1.86. The summed E-state index contributed by atoms with van der Waals surface area (Å²) in [5, 5.41) is 0. The number of hydrogen-bond acceptors (Lipinski definition) is 1. The van der Waals surface area contributed by atoms with Crippen LogP contribution in [-0.2, 0) is 4.74 Å². The Kier molecular flexibility index (Phi) is 2.80. The van der Waals surface area contributed by atoms with Gasteiger partial charge in [-0.15, -0.1) is 0 Å². The maximum Gasteiger partial charge on any atom is 0.157 e. The molecule has 2 unspecified atom stereocenters. The third-order valence-corrected chi connectivity index (χ3v) is 2.00. The Hall–Kier alpha value is 0.250. The van der Waals surface area contributed by atoms with Gasteiger partial charge in [-0.05, 0) is 6.42 Å². The number of rotatable bonds is 4. The van der Waals surface area contributed by atoms with Crippen molar-refractivity contribution in [3.05, 3.63) is 0 Å². The lowest BCUT2D eigenvalue weighted by Gasteiger charge is -1.91. The summed E-state index contributed by atoms with van der Waals surface area (Å²) >= 11 is 5.61. The second-order valence-electron chi connectivity index (χ2n) is 2.52. The minimum atomic E-state index is 0.0434. The van der Waals surface area contributed by atoms with Gasteiger partial charge in [0.25, 0.3) is 0 Å². The number of unbranched alkanes of at least 4 members (excludes halogenated alkanes) is 2. The molecule has 0 bridgehead atoms. The van der Waals surface area contributed by atoms with Crippen LogP contribution in [-0.4, -0.2) is 11.7 Å². The van der Waals surface area contributed by atoms with Crippen LogP contribution in [0.2, 0.25) is 0 Å². The lowest BCUT2D eigenvalue weighted by molar-refractivity contribution is 0.381. The predicted molar refractivity (Wildman–Crippen MR) is 38.7 cm³/mol. The van der Waals surface area contributed by atoms with Crippen molar-refractivity contribution in [1.82, 2.24) is 0 Å². The molecule has 1 heterocycles. The van der Waals surface area contributed by atoms with Crippen LogP contribution in [0.25, 0.3) is 0 Å². The van der Waals surface area contributed by atoms with Gasteiger partial charge >= 0.3 is 0 Å². The third-order valence-electron chi connectivity index (χ3n) is 1.61. The first-order valence-corrected chi connectivity index (χ1v) is 4.07. The summed E-state index contributed by atoms with van der Waals surface area (Å²) in [6.45, 7) is 2.20. The third kappa shape index (κ3) is 2.55. The first-order chi connectivity index (χ1) is 4.34. The minimum absolute atomic E-state index is 0.0434. The number of alkyl halides is 1. The van der Waals surface area contributed by atoms with E-state index in [1.54, 1.807) is 0 Å². The second kappa shape index (κ2) is 3.43. The van der Waals surface area contributed by atoms with Crippen LogP contribution in [0.4, 0.5) is 0 Å². The van der Waals surface area contributed by atoms with E-state index >= 15 is 0 Å². The molecule has 0 aromatic carbocycles. The van der Waals surface area contributed by atoms with Gasteiger partial charge in [0, 0.05) is 0 Å². The number of halogens is 1. The van der Waals surface area contributed by atoms with Crippen molar-refractivity contribution in [3.63, 3.8) is 0 Å². The summed E-state index contributed by atoms with van der Waals surface area (Å²) in [6, 6.07) is 0. The zero-order valence-electron chi connectivity index (χ0n) is 5.77. The van der Waals surface area contributed by atoms with Gasteiger partial charge in [-0.25, -0.2) is 0 Å². The Morgan fingerprint density at radius 3 is 2.56 bits per heavy atom. The van der Waals surface area contributed by atoms with Crippen molar-refractivity contribution in [1.29, 1.82) is 0 Å². The van der Waals surface area contributed by atoms with E-state index in [4.69, 9.17) is 16.3 Å². The molecule has 54 valence electrons. The quantitative estimate of drug-likeness (QED) is 0.339. The second-order valence-corrected chi connectivity index (χ2v) is 2.95. The average molecular weight is 149 g/mol. The highest BCUT2D eigenvalue weighted by Crippen LogP contribution is 2.30. The van der Waals surface area contributed by atoms with Crippen molar-refractivity contribution in [2.45, 2.75) is 44.3 Å². The molecule has 9 heavy (non-hydrogen) atoms. The zero-order valence-corrected chi connectivity index (χ0v) is 6.53. The van der Waals surface area contributed by atoms with Crippen molar-refractivity contribution in [3.8, 4) is 0 Å². The van der Waals surface area contributed by atoms with E-state index in [2.05, 4.69) is 6.92 Å². The lowest BCUT2D eigenvalue weighted by atomic mass is 10.2. The van der Waals surface area contributed by atoms with Gasteiger partial charge in [0.05, 0.1) is 6.10 Å². The van der Waals surface area contributed by atoms with Gasteiger partial charge in [0.15, 0.2) is 5.56 Å². The average Bonchev–Trinajstić information content (AvgIpc) is 2.48. The van der Waals surface area contributed by atoms with Gasteiger partial charge in [-0.3, -0.25) is 0 Å². The van der Waals surface area contributed by atoms with Gasteiger partial charge in [0.1, 0.15) is 0 Å². The summed E-state index contributed by atoms with van der Waals surface area (Å²) in [4.78, 5) is 0. The molecule has 0 aromatic heterocycles. The molecule has 2 heteroatoms. The van der Waals surface area contributed by atoms with E-state index in [1.165, 1.54) is 19.3 Å². The zero-order chi connectivity index (χ0) is 6.69. The van der Waals surface area contributed by atoms with Gasteiger partial charge in [-0.2, -0.15) is 0 Å². The number of hydrogen-bond donors (Lipinski definition) is 0. The number of epoxide rings is 1. The molecule has 0 radical (unpaired) electrons. The van der Waals surface area contributed by atoms with Crippen LogP contribution < -0.4 is 0 Å². The Morgan fingerprint density at radius 1 is 1.44 bits per heavy atom. The summed E-state index contributed by atoms with van der Waals surface area (Å²) in [5.74, 6) is 0. The van der Waals surface area contributed by atoms with Crippen LogP contribution in [0.3, 0.4) is 0 Å². The molecule has 0 spiro atoms. The predicted octanol–water partition coefficient (Wildman–Crippen LogP) is 2.53. The van der Waals surface area contributed by atoms with Crippen molar-refractivity contribution in [2.24, 2.45) is 0 Å². The SMILES string of the molecule is CCCCCC1OC1Cl. The molecule has 1 aliphatic heterocycles. The largest absolute Gasteiger partial charge is 0.352 e. The Morgan fingerprint density at radius 2 is 2.11 bits per heavy atom. The summed E-state index contributed by atoms with van der Waals surface area (Å²) in [6.07, 6.45) is 5.40. The normalized spacial score (nSPS) is 32.7. The van der Waals surface area contributed by atoms with E-state index in [1.807, 2.05) is 0 Å². The minimum Gasteiger partial charge on any atom is -0.352 e. The summed E-state index contributed by atoms with van der Waals surface area (Å²) in [5.41, 5.74) is 0.0434.